The first kappa shape index (κ1) is 38.2. The molecule has 0 fully saturated rings. The molecule has 4 aromatic rings. The zero-order valence-corrected chi connectivity index (χ0v) is 29.7. The fourth-order valence-corrected chi connectivity index (χ4v) is 6.30. The summed E-state index contributed by atoms with van der Waals surface area (Å²) in [4.78, 5) is 38.8. The van der Waals surface area contributed by atoms with Crippen LogP contribution in [-0.2, 0) is 41.8 Å². The van der Waals surface area contributed by atoms with Crippen molar-refractivity contribution in [1.82, 2.24) is 0 Å². The minimum atomic E-state index is -0.437. The van der Waals surface area contributed by atoms with Crippen molar-refractivity contribution in [1.29, 1.82) is 0 Å². The Bertz CT molecular complexity index is 1510. The van der Waals surface area contributed by atoms with Crippen LogP contribution in [0.25, 0.3) is 0 Å². The van der Waals surface area contributed by atoms with Crippen LogP contribution in [0.5, 0.6) is 0 Å². The van der Waals surface area contributed by atoms with Crippen LogP contribution in [0.15, 0.2) is 109 Å². The summed E-state index contributed by atoms with van der Waals surface area (Å²) in [7, 11) is 0. The molecule has 0 amide bonds. The molecule has 0 bridgehead atoms. The van der Waals surface area contributed by atoms with Crippen molar-refractivity contribution in [2.24, 2.45) is 0 Å². The lowest BCUT2D eigenvalue weighted by Crippen LogP contribution is -2.26. The minimum Gasteiger partial charge on any atom is -0.462 e. The van der Waals surface area contributed by atoms with Crippen molar-refractivity contribution < 1.29 is 33.3 Å². The molecule has 0 radical (unpaired) electrons. The van der Waals surface area contributed by atoms with Crippen molar-refractivity contribution in [2.75, 3.05) is 13.2 Å². The molecular weight excluding hydrogens is 628 g/mol. The van der Waals surface area contributed by atoms with Crippen LogP contribution < -0.4 is 0 Å². The second-order valence-corrected chi connectivity index (χ2v) is 12.7. The monoisotopic (exact) mass is 678 g/mol. The molecule has 0 aromatic heterocycles. The average molecular weight is 679 g/mol. The highest BCUT2D eigenvalue weighted by atomic mass is 16.5. The lowest BCUT2D eigenvalue weighted by molar-refractivity contribution is -0.148. The Morgan fingerprint density at radius 1 is 0.520 bits per heavy atom. The molecule has 0 N–H and O–H groups in total. The largest absolute Gasteiger partial charge is 0.462 e. The molecular formula is C43H50O7. The maximum Gasteiger partial charge on any atom is 0.302 e. The molecule has 0 aliphatic heterocycles. The second kappa shape index (κ2) is 20.2. The number of esters is 2. The molecule has 50 heavy (non-hydrogen) atoms. The second-order valence-electron chi connectivity index (χ2n) is 12.7. The van der Waals surface area contributed by atoms with Gasteiger partial charge in [-0.05, 0) is 47.9 Å². The van der Waals surface area contributed by atoms with Crippen LogP contribution in [0, 0.1) is 0 Å². The third-order valence-electron chi connectivity index (χ3n) is 8.92. The smallest absolute Gasteiger partial charge is 0.302 e. The Balaban J connectivity index is 1.46. The number of benzene rings is 4. The summed E-state index contributed by atoms with van der Waals surface area (Å²) in [6.07, 6.45) is 1.69. The fourth-order valence-electron chi connectivity index (χ4n) is 6.30. The number of hydrogen-bond donors (Lipinski definition) is 0. The van der Waals surface area contributed by atoms with Crippen LogP contribution in [0.1, 0.15) is 103 Å². The van der Waals surface area contributed by atoms with E-state index in [4.69, 9.17) is 18.9 Å². The molecule has 4 rings (SSSR count). The van der Waals surface area contributed by atoms with Crippen LogP contribution >= 0.6 is 0 Å². The number of ether oxygens (including phenoxy) is 4. The summed E-state index contributed by atoms with van der Waals surface area (Å²) in [6.45, 7) is 8.89. The van der Waals surface area contributed by atoms with Gasteiger partial charge in [-0.1, -0.05) is 123 Å². The van der Waals surface area contributed by atoms with E-state index in [0.717, 1.165) is 22.3 Å². The van der Waals surface area contributed by atoms with Crippen LogP contribution in [0.4, 0.5) is 0 Å². The zero-order valence-electron chi connectivity index (χ0n) is 29.7. The Hall–Kier alpha value is -4.59. The highest BCUT2D eigenvalue weighted by molar-refractivity contribution is 6.11. The number of carbonyl (C=O) groups is 3. The van der Waals surface area contributed by atoms with Gasteiger partial charge in [-0.2, -0.15) is 0 Å². The molecule has 264 valence electrons. The predicted octanol–water partition coefficient (Wildman–Crippen LogP) is 8.98. The normalized spacial score (nSPS) is 13.5. The lowest BCUT2D eigenvalue weighted by Gasteiger charge is -2.27. The van der Waals surface area contributed by atoms with Gasteiger partial charge in [0.05, 0.1) is 13.2 Å². The first-order valence-electron chi connectivity index (χ1n) is 17.5. The van der Waals surface area contributed by atoms with Gasteiger partial charge in [-0.15, -0.1) is 0 Å². The molecule has 0 saturated heterocycles. The quantitative estimate of drug-likeness (QED) is 0.0524. The van der Waals surface area contributed by atoms with Crippen molar-refractivity contribution >= 4 is 17.7 Å². The third-order valence-corrected chi connectivity index (χ3v) is 8.92. The summed E-state index contributed by atoms with van der Waals surface area (Å²) in [5.41, 5.74) is 4.93. The van der Waals surface area contributed by atoms with E-state index in [9.17, 15) is 14.4 Å². The van der Waals surface area contributed by atoms with Crippen molar-refractivity contribution in [2.45, 2.75) is 90.6 Å². The summed E-state index contributed by atoms with van der Waals surface area (Å²) in [5, 5.41) is 0. The van der Waals surface area contributed by atoms with Crippen molar-refractivity contribution in [3.8, 4) is 0 Å². The standard InChI is InChI=1S/C43H50O7/c1-31(41(49-33(3)44)25-15-27-47-29-35-17-7-5-8-18-35)37-21-11-13-23-39(37)43(46)40-24-14-12-22-38(40)32(2)42(50-34(4)45)26-16-28-48-30-36-19-9-6-10-20-36/h5-14,17-24,31-32,41-42H,15-16,25-30H2,1-4H3. The summed E-state index contributed by atoms with van der Waals surface area (Å²) < 4.78 is 23.4. The SMILES string of the molecule is CC(=O)OC(CCCOCc1ccccc1)C(C)c1ccccc1C(=O)c1ccccc1C(C)C(CCCOCc1ccccc1)OC(C)=O. The van der Waals surface area contributed by atoms with E-state index in [1.54, 1.807) is 0 Å². The molecule has 7 heteroatoms. The molecule has 4 unspecified atom stereocenters. The Morgan fingerprint density at radius 3 is 1.26 bits per heavy atom. The number of carbonyl (C=O) groups excluding carboxylic acids is 3. The van der Waals surface area contributed by atoms with Crippen LogP contribution in [0.2, 0.25) is 0 Å². The molecule has 0 aliphatic rings. The van der Waals surface area contributed by atoms with Gasteiger partial charge < -0.3 is 18.9 Å². The lowest BCUT2D eigenvalue weighted by atomic mass is 9.83. The summed E-state index contributed by atoms with van der Waals surface area (Å²) >= 11 is 0. The predicted molar refractivity (Wildman–Crippen MR) is 195 cm³/mol. The van der Waals surface area contributed by atoms with E-state index in [1.807, 2.05) is 123 Å². The van der Waals surface area contributed by atoms with Gasteiger partial charge in [0.25, 0.3) is 0 Å². The van der Waals surface area contributed by atoms with E-state index in [-0.39, 0.29) is 29.6 Å². The molecule has 4 aromatic carbocycles. The van der Waals surface area contributed by atoms with Crippen molar-refractivity contribution in [3.63, 3.8) is 0 Å². The van der Waals surface area contributed by atoms with Gasteiger partial charge in [0.15, 0.2) is 5.78 Å². The maximum absolute atomic E-state index is 14.4. The van der Waals surface area contributed by atoms with Crippen LogP contribution in [-0.4, -0.2) is 43.1 Å². The minimum absolute atomic E-state index is 0.129. The van der Waals surface area contributed by atoms with E-state index >= 15 is 0 Å². The van der Waals surface area contributed by atoms with E-state index in [0.29, 0.717) is 63.2 Å². The fraction of sp³-hybridized carbons (Fsp3) is 0.372. The highest BCUT2D eigenvalue weighted by Crippen LogP contribution is 2.33. The Morgan fingerprint density at radius 2 is 0.880 bits per heavy atom. The molecule has 0 aliphatic carbocycles. The summed E-state index contributed by atoms with van der Waals surface area (Å²) in [5.74, 6) is -1.35. The zero-order chi connectivity index (χ0) is 35.7. The van der Waals surface area contributed by atoms with Gasteiger partial charge in [-0.25, -0.2) is 0 Å². The van der Waals surface area contributed by atoms with Gasteiger partial charge in [-0.3, -0.25) is 14.4 Å². The molecule has 4 atom stereocenters. The Kier molecular flexibility index (Phi) is 15.4. The topological polar surface area (TPSA) is 88.1 Å². The van der Waals surface area contributed by atoms with Gasteiger partial charge in [0.1, 0.15) is 12.2 Å². The molecule has 0 saturated carbocycles. The van der Waals surface area contributed by atoms with E-state index < -0.39 is 12.2 Å². The number of ketones is 1. The third kappa shape index (κ3) is 11.8. The van der Waals surface area contributed by atoms with Gasteiger partial charge >= 0.3 is 11.9 Å². The molecule has 0 spiro atoms. The maximum atomic E-state index is 14.4. The average Bonchev–Trinajstić information content (AvgIpc) is 3.13. The molecule has 7 nitrogen and oxygen atoms in total. The summed E-state index contributed by atoms with van der Waals surface area (Å²) in [6, 6.07) is 35.0. The number of hydrogen-bond acceptors (Lipinski definition) is 7. The first-order chi connectivity index (χ1) is 24.2. The van der Waals surface area contributed by atoms with Gasteiger partial charge in [0, 0.05) is 50.0 Å². The molecule has 0 heterocycles. The van der Waals surface area contributed by atoms with Gasteiger partial charge in [0.2, 0.25) is 0 Å². The van der Waals surface area contributed by atoms with Crippen molar-refractivity contribution in [3.05, 3.63) is 143 Å². The van der Waals surface area contributed by atoms with E-state index in [1.165, 1.54) is 13.8 Å². The van der Waals surface area contributed by atoms with E-state index in [2.05, 4.69) is 0 Å². The highest BCUT2D eigenvalue weighted by Gasteiger charge is 2.29. The Labute approximate surface area is 296 Å². The number of rotatable bonds is 20. The van der Waals surface area contributed by atoms with Crippen LogP contribution in [0.3, 0.4) is 0 Å². The first-order valence-corrected chi connectivity index (χ1v) is 17.5.